The predicted octanol–water partition coefficient (Wildman–Crippen LogP) is 4.95. The zero-order valence-corrected chi connectivity index (χ0v) is 16.9. The minimum absolute atomic E-state index is 0.0279. The molecule has 0 amide bonds. The van der Waals surface area contributed by atoms with Crippen molar-refractivity contribution in [2.24, 2.45) is 7.05 Å². The molecular weight excluding hydrogens is 388 g/mol. The SMILES string of the molecule is COc1ccc(-n2nc(C3CC3)c3c(C(F)F)cc(-c4cnn(C)c4C)nc32)cc1. The number of ether oxygens (including phenoxy) is 1. The predicted molar refractivity (Wildman–Crippen MR) is 109 cm³/mol. The molecule has 1 aliphatic carbocycles. The van der Waals surface area contributed by atoms with Crippen LogP contribution in [0.3, 0.4) is 0 Å². The van der Waals surface area contributed by atoms with Crippen molar-refractivity contribution in [1.82, 2.24) is 24.5 Å². The van der Waals surface area contributed by atoms with Gasteiger partial charge in [0.25, 0.3) is 6.43 Å². The number of nitrogens with zero attached hydrogens (tertiary/aromatic N) is 5. The smallest absolute Gasteiger partial charge is 0.264 e. The van der Waals surface area contributed by atoms with Crippen LogP contribution in [0, 0.1) is 6.92 Å². The fourth-order valence-corrected chi connectivity index (χ4v) is 3.78. The maximum atomic E-state index is 14.2. The van der Waals surface area contributed by atoms with E-state index in [0.29, 0.717) is 28.2 Å². The number of pyridine rings is 1. The molecule has 154 valence electrons. The zero-order valence-electron chi connectivity index (χ0n) is 16.9. The maximum absolute atomic E-state index is 14.2. The van der Waals surface area contributed by atoms with Gasteiger partial charge in [-0.15, -0.1) is 0 Å². The summed E-state index contributed by atoms with van der Waals surface area (Å²) >= 11 is 0. The van der Waals surface area contributed by atoms with E-state index in [1.807, 2.05) is 38.2 Å². The van der Waals surface area contributed by atoms with Gasteiger partial charge < -0.3 is 4.74 Å². The lowest BCUT2D eigenvalue weighted by Gasteiger charge is -2.09. The first-order valence-electron chi connectivity index (χ1n) is 9.83. The van der Waals surface area contributed by atoms with Gasteiger partial charge in [0.1, 0.15) is 5.75 Å². The number of alkyl halides is 2. The third-order valence-electron chi connectivity index (χ3n) is 5.72. The Hall–Kier alpha value is -3.29. The summed E-state index contributed by atoms with van der Waals surface area (Å²) in [6.07, 6.45) is 0.952. The van der Waals surface area contributed by atoms with E-state index in [2.05, 4.69) is 5.10 Å². The van der Waals surface area contributed by atoms with Crippen molar-refractivity contribution in [3.8, 4) is 22.7 Å². The van der Waals surface area contributed by atoms with Crippen molar-refractivity contribution in [3.63, 3.8) is 0 Å². The van der Waals surface area contributed by atoms with Crippen LogP contribution in [-0.4, -0.2) is 31.7 Å². The number of fused-ring (bicyclic) bond motifs is 1. The molecule has 5 rings (SSSR count). The second-order valence-corrected chi connectivity index (χ2v) is 7.63. The van der Waals surface area contributed by atoms with E-state index in [-0.39, 0.29) is 11.5 Å². The quantitative estimate of drug-likeness (QED) is 0.468. The topological polar surface area (TPSA) is 57.8 Å². The molecule has 0 atom stereocenters. The molecule has 1 saturated carbocycles. The van der Waals surface area contributed by atoms with Crippen LogP contribution in [0.1, 0.15) is 42.1 Å². The largest absolute Gasteiger partial charge is 0.497 e. The lowest BCUT2D eigenvalue weighted by Crippen LogP contribution is -2.00. The lowest BCUT2D eigenvalue weighted by atomic mass is 10.0. The second-order valence-electron chi connectivity index (χ2n) is 7.63. The monoisotopic (exact) mass is 409 g/mol. The summed E-state index contributed by atoms with van der Waals surface area (Å²) in [6, 6.07) is 8.84. The van der Waals surface area contributed by atoms with Crippen LogP contribution in [0.4, 0.5) is 8.78 Å². The van der Waals surface area contributed by atoms with Gasteiger partial charge in [0.2, 0.25) is 0 Å². The van der Waals surface area contributed by atoms with E-state index >= 15 is 0 Å². The van der Waals surface area contributed by atoms with E-state index in [0.717, 1.165) is 29.8 Å². The highest BCUT2D eigenvalue weighted by molar-refractivity contribution is 5.87. The van der Waals surface area contributed by atoms with Gasteiger partial charge in [-0.2, -0.15) is 10.2 Å². The first kappa shape index (κ1) is 18.7. The number of aryl methyl sites for hydroxylation is 1. The van der Waals surface area contributed by atoms with Crippen molar-refractivity contribution < 1.29 is 13.5 Å². The van der Waals surface area contributed by atoms with Crippen molar-refractivity contribution >= 4 is 11.0 Å². The third kappa shape index (κ3) is 2.94. The maximum Gasteiger partial charge on any atom is 0.264 e. The van der Waals surface area contributed by atoms with Crippen molar-refractivity contribution in [3.05, 3.63) is 53.5 Å². The van der Waals surface area contributed by atoms with Crippen molar-refractivity contribution in [1.29, 1.82) is 0 Å². The van der Waals surface area contributed by atoms with Crippen LogP contribution in [0.15, 0.2) is 36.5 Å². The Morgan fingerprint density at radius 2 is 1.90 bits per heavy atom. The second kappa shape index (κ2) is 6.90. The number of benzene rings is 1. The molecule has 6 nitrogen and oxygen atoms in total. The van der Waals surface area contributed by atoms with Gasteiger partial charge >= 0.3 is 0 Å². The molecule has 0 unspecified atom stereocenters. The standard InChI is InChI=1S/C22H21F2N5O/c1-12-17(11-25-28(12)2)18-10-16(21(23)24)19-20(13-4-5-13)27-29(22(19)26-18)14-6-8-15(30-3)9-7-14/h6-11,13,21H,4-5H2,1-3H3. The van der Waals surface area contributed by atoms with Gasteiger partial charge in [0.15, 0.2) is 5.65 Å². The molecule has 0 radical (unpaired) electrons. The van der Waals surface area contributed by atoms with Crippen LogP contribution in [-0.2, 0) is 7.05 Å². The van der Waals surface area contributed by atoms with Crippen LogP contribution in [0.2, 0.25) is 0 Å². The molecule has 8 heteroatoms. The normalized spacial score (nSPS) is 14.1. The fourth-order valence-electron chi connectivity index (χ4n) is 3.78. The third-order valence-corrected chi connectivity index (χ3v) is 5.72. The molecule has 0 saturated heterocycles. The number of halogens is 2. The Morgan fingerprint density at radius 1 is 1.17 bits per heavy atom. The van der Waals surface area contributed by atoms with E-state index in [1.54, 1.807) is 22.7 Å². The van der Waals surface area contributed by atoms with Crippen LogP contribution in [0.25, 0.3) is 28.0 Å². The molecule has 1 aromatic carbocycles. The van der Waals surface area contributed by atoms with Gasteiger partial charge in [-0.3, -0.25) is 4.68 Å². The zero-order chi connectivity index (χ0) is 21.0. The first-order chi connectivity index (χ1) is 14.5. The van der Waals surface area contributed by atoms with E-state index < -0.39 is 6.43 Å². The molecule has 4 aromatic rings. The molecule has 3 heterocycles. The molecular formula is C22H21F2N5O. The van der Waals surface area contributed by atoms with Gasteiger partial charge in [-0.05, 0) is 50.1 Å². The Bertz CT molecular complexity index is 1240. The Balaban J connectivity index is 1.80. The number of methoxy groups -OCH3 is 1. The fraction of sp³-hybridized carbons (Fsp3) is 0.318. The minimum atomic E-state index is -2.63. The molecule has 0 bridgehead atoms. The van der Waals surface area contributed by atoms with Crippen molar-refractivity contribution in [2.75, 3.05) is 7.11 Å². The summed E-state index contributed by atoms with van der Waals surface area (Å²) in [6.45, 7) is 1.90. The average molecular weight is 409 g/mol. The summed E-state index contributed by atoms with van der Waals surface area (Å²) < 4.78 is 37.0. The van der Waals surface area contributed by atoms with Crippen LogP contribution in [0.5, 0.6) is 5.75 Å². The Labute approximate surface area is 172 Å². The van der Waals surface area contributed by atoms with Crippen LogP contribution >= 0.6 is 0 Å². The highest BCUT2D eigenvalue weighted by Gasteiger charge is 2.33. The van der Waals surface area contributed by atoms with Crippen LogP contribution < -0.4 is 4.74 Å². The molecule has 30 heavy (non-hydrogen) atoms. The number of hydrogen-bond donors (Lipinski definition) is 0. The summed E-state index contributed by atoms with van der Waals surface area (Å²) in [5.41, 5.74) is 3.94. The summed E-state index contributed by atoms with van der Waals surface area (Å²) in [5.74, 6) is 0.919. The molecule has 0 aliphatic heterocycles. The molecule has 3 aromatic heterocycles. The van der Waals surface area contributed by atoms with Gasteiger partial charge in [-0.25, -0.2) is 18.4 Å². The van der Waals surface area contributed by atoms with E-state index in [9.17, 15) is 8.78 Å². The van der Waals surface area contributed by atoms with Gasteiger partial charge in [0.05, 0.1) is 35.8 Å². The van der Waals surface area contributed by atoms with Crippen molar-refractivity contribution in [2.45, 2.75) is 32.1 Å². The molecule has 0 spiro atoms. The number of rotatable bonds is 5. The first-order valence-corrected chi connectivity index (χ1v) is 9.83. The number of hydrogen-bond acceptors (Lipinski definition) is 4. The summed E-state index contributed by atoms with van der Waals surface area (Å²) in [5, 5.41) is 9.45. The molecule has 1 fully saturated rings. The van der Waals surface area contributed by atoms with E-state index in [4.69, 9.17) is 14.8 Å². The summed E-state index contributed by atoms with van der Waals surface area (Å²) in [7, 11) is 3.42. The highest BCUT2D eigenvalue weighted by atomic mass is 19.3. The minimum Gasteiger partial charge on any atom is -0.497 e. The van der Waals surface area contributed by atoms with Gasteiger partial charge in [0, 0.05) is 29.8 Å². The summed E-state index contributed by atoms with van der Waals surface area (Å²) in [4.78, 5) is 4.79. The van der Waals surface area contributed by atoms with Gasteiger partial charge in [-0.1, -0.05) is 0 Å². The number of aromatic nitrogens is 5. The molecule has 0 N–H and O–H groups in total. The Morgan fingerprint density at radius 3 is 2.47 bits per heavy atom. The lowest BCUT2D eigenvalue weighted by molar-refractivity contribution is 0.153. The Kier molecular flexibility index (Phi) is 4.30. The van der Waals surface area contributed by atoms with E-state index in [1.165, 1.54) is 6.07 Å². The average Bonchev–Trinajstić information content (AvgIpc) is 3.45. The highest BCUT2D eigenvalue weighted by Crippen LogP contribution is 2.45. The molecule has 1 aliphatic rings.